The van der Waals surface area contributed by atoms with Crippen molar-refractivity contribution in [1.82, 2.24) is 24.1 Å². The molecule has 0 amide bonds. The van der Waals surface area contributed by atoms with E-state index in [-0.39, 0.29) is 0 Å². The van der Waals surface area contributed by atoms with Crippen molar-refractivity contribution in [1.29, 1.82) is 0 Å². The highest BCUT2D eigenvalue weighted by molar-refractivity contribution is 6.13. The number of aromatic nitrogens is 5. The Morgan fingerprint density at radius 1 is 0.588 bits per heavy atom. The molecule has 5 nitrogen and oxygen atoms in total. The molecule has 0 aliphatic carbocycles. The largest absolute Gasteiger partial charge is 0.317 e. The van der Waals surface area contributed by atoms with E-state index in [2.05, 4.69) is 97.0 Å². The van der Waals surface area contributed by atoms with Crippen molar-refractivity contribution in [2.75, 3.05) is 0 Å². The van der Waals surface area contributed by atoms with Crippen LogP contribution in [0.4, 0.5) is 0 Å². The average molecular weight is 438 g/mol. The first-order valence-corrected chi connectivity index (χ1v) is 11.2. The maximum absolute atomic E-state index is 4.65. The molecule has 0 spiro atoms. The second-order valence-corrected chi connectivity index (χ2v) is 8.31. The Balaban J connectivity index is 1.46. The summed E-state index contributed by atoms with van der Waals surface area (Å²) in [6.07, 6.45) is 9.45. The van der Waals surface area contributed by atoms with Gasteiger partial charge < -0.3 is 9.13 Å². The number of para-hydroxylation sites is 2. The van der Waals surface area contributed by atoms with Crippen LogP contribution in [-0.2, 0) is 0 Å². The fourth-order valence-electron chi connectivity index (χ4n) is 4.77. The molecule has 0 saturated carbocycles. The third-order valence-corrected chi connectivity index (χ3v) is 6.33. The Kier molecular flexibility index (Phi) is 4.08. The molecule has 34 heavy (non-hydrogen) atoms. The smallest absolute Gasteiger partial charge is 0.160 e. The highest BCUT2D eigenvalue weighted by atomic mass is 15.0. The van der Waals surface area contributed by atoms with Gasteiger partial charge in [-0.15, -0.1) is 0 Å². The molecular weight excluding hydrogens is 418 g/mol. The molecule has 0 N–H and O–H groups in total. The van der Waals surface area contributed by atoms with E-state index >= 15 is 0 Å². The van der Waals surface area contributed by atoms with E-state index in [1.165, 1.54) is 21.7 Å². The van der Waals surface area contributed by atoms with Crippen LogP contribution in [0.25, 0.3) is 55.5 Å². The Bertz CT molecular complexity index is 1780. The second-order valence-electron chi connectivity index (χ2n) is 8.31. The van der Waals surface area contributed by atoms with Crippen LogP contribution in [0.15, 0.2) is 116 Å². The van der Waals surface area contributed by atoms with Crippen molar-refractivity contribution < 1.29 is 0 Å². The first-order chi connectivity index (χ1) is 16.9. The zero-order valence-corrected chi connectivity index (χ0v) is 18.2. The van der Waals surface area contributed by atoms with Crippen molar-refractivity contribution in [2.24, 2.45) is 0 Å². The SMILES string of the molecule is c1ccc(-n2ccc3cc4c(cc32)c2ccccc2n4-c2cnc(-c3cccnc3)nc2)cc1. The third-order valence-electron chi connectivity index (χ3n) is 6.33. The van der Waals surface area contributed by atoms with Crippen LogP contribution in [0, 0.1) is 0 Å². The lowest BCUT2D eigenvalue weighted by molar-refractivity contribution is 1.08. The van der Waals surface area contributed by atoms with Gasteiger partial charge in [-0.25, -0.2) is 9.97 Å². The van der Waals surface area contributed by atoms with Gasteiger partial charge in [-0.3, -0.25) is 4.98 Å². The minimum absolute atomic E-state index is 0.667. The lowest BCUT2D eigenvalue weighted by atomic mass is 10.1. The van der Waals surface area contributed by atoms with Gasteiger partial charge in [0.1, 0.15) is 0 Å². The molecule has 0 aliphatic rings. The van der Waals surface area contributed by atoms with Gasteiger partial charge in [0.2, 0.25) is 0 Å². The van der Waals surface area contributed by atoms with E-state index in [1.807, 2.05) is 30.6 Å². The summed E-state index contributed by atoms with van der Waals surface area (Å²) in [7, 11) is 0. The van der Waals surface area contributed by atoms with E-state index in [4.69, 9.17) is 0 Å². The lowest BCUT2D eigenvalue weighted by Gasteiger charge is -2.09. The number of rotatable bonds is 3. The number of fused-ring (bicyclic) bond motifs is 4. The maximum Gasteiger partial charge on any atom is 0.160 e. The summed E-state index contributed by atoms with van der Waals surface area (Å²) in [6.45, 7) is 0. The van der Waals surface area contributed by atoms with E-state index in [9.17, 15) is 0 Å². The number of hydrogen-bond acceptors (Lipinski definition) is 3. The van der Waals surface area contributed by atoms with Gasteiger partial charge in [0.05, 0.1) is 34.6 Å². The molecule has 0 atom stereocenters. The standard InChI is InChI=1S/C29H19N5/c1-2-8-22(9-3-1)33-14-12-20-15-28-25(16-27(20)33)24-10-4-5-11-26(24)34(28)23-18-31-29(32-19-23)21-7-6-13-30-17-21/h1-19H. The number of benzene rings is 3. The monoisotopic (exact) mass is 437 g/mol. The normalized spacial score (nSPS) is 11.5. The van der Waals surface area contributed by atoms with Crippen LogP contribution in [0.5, 0.6) is 0 Å². The minimum atomic E-state index is 0.667. The molecule has 5 heteroatoms. The van der Waals surface area contributed by atoms with Crippen molar-refractivity contribution in [2.45, 2.75) is 0 Å². The van der Waals surface area contributed by atoms with Crippen molar-refractivity contribution in [3.63, 3.8) is 0 Å². The predicted molar refractivity (Wildman–Crippen MR) is 136 cm³/mol. The topological polar surface area (TPSA) is 48.5 Å². The summed E-state index contributed by atoms with van der Waals surface area (Å²) in [5.74, 6) is 0.667. The van der Waals surface area contributed by atoms with Crippen LogP contribution in [0.1, 0.15) is 0 Å². The average Bonchev–Trinajstić information content (AvgIpc) is 3.47. The fourth-order valence-corrected chi connectivity index (χ4v) is 4.77. The summed E-state index contributed by atoms with van der Waals surface area (Å²) >= 11 is 0. The van der Waals surface area contributed by atoms with Crippen LogP contribution in [0.3, 0.4) is 0 Å². The van der Waals surface area contributed by atoms with Gasteiger partial charge in [-0.05, 0) is 48.5 Å². The quantitative estimate of drug-likeness (QED) is 0.314. The highest BCUT2D eigenvalue weighted by Crippen LogP contribution is 2.35. The number of pyridine rings is 1. The van der Waals surface area contributed by atoms with E-state index in [0.29, 0.717) is 5.82 Å². The molecule has 160 valence electrons. The fraction of sp³-hybridized carbons (Fsp3) is 0. The van der Waals surface area contributed by atoms with Gasteiger partial charge in [-0.2, -0.15) is 0 Å². The number of hydrogen-bond donors (Lipinski definition) is 0. The van der Waals surface area contributed by atoms with Crippen LogP contribution in [0.2, 0.25) is 0 Å². The summed E-state index contributed by atoms with van der Waals surface area (Å²) in [5, 5.41) is 3.60. The predicted octanol–water partition coefficient (Wildman–Crippen LogP) is 6.58. The van der Waals surface area contributed by atoms with E-state index in [0.717, 1.165) is 28.0 Å². The molecule has 3 aromatic carbocycles. The molecule has 0 unspecified atom stereocenters. The molecule has 4 heterocycles. The van der Waals surface area contributed by atoms with Crippen LogP contribution >= 0.6 is 0 Å². The lowest BCUT2D eigenvalue weighted by Crippen LogP contribution is -1.98. The first kappa shape index (κ1) is 18.8. The van der Waals surface area contributed by atoms with E-state index < -0.39 is 0 Å². The van der Waals surface area contributed by atoms with Crippen LogP contribution in [-0.4, -0.2) is 24.1 Å². The first-order valence-electron chi connectivity index (χ1n) is 11.2. The molecule has 0 saturated heterocycles. The van der Waals surface area contributed by atoms with Gasteiger partial charge in [0.15, 0.2) is 5.82 Å². The summed E-state index contributed by atoms with van der Waals surface area (Å²) < 4.78 is 4.49. The van der Waals surface area contributed by atoms with Gasteiger partial charge in [0.25, 0.3) is 0 Å². The Morgan fingerprint density at radius 2 is 1.41 bits per heavy atom. The molecule has 7 aromatic rings. The third kappa shape index (κ3) is 2.84. The van der Waals surface area contributed by atoms with Gasteiger partial charge in [-0.1, -0.05) is 36.4 Å². The van der Waals surface area contributed by atoms with Gasteiger partial charge in [0, 0.05) is 46.0 Å². The number of nitrogens with zero attached hydrogens (tertiary/aromatic N) is 5. The van der Waals surface area contributed by atoms with E-state index in [1.54, 1.807) is 12.4 Å². The highest BCUT2D eigenvalue weighted by Gasteiger charge is 2.15. The Hall–Kier alpha value is -4.77. The van der Waals surface area contributed by atoms with Crippen molar-refractivity contribution in [3.8, 4) is 22.8 Å². The molecule has 0 fully saturated rings. The van der Waals surface area contributed by atoms with Crippen molar-refractivity contribution in [3.05, 3.63) is 116 Å². The summed E-state index contributed by atoms with van der Waals surface area (Å²) in [4.78, 5) is 13.5. The zero-order chi connectivity index (χ0) is 22.5. The summed E-state index contributed by atoms with van der Waals surface area (Å²) in [6, 6.07) is 29.5. The summed E-state index contributed by atoms with van der Waals surface area (Å²) in [5.41, 5.74) is 6.44. The Labute approximate surface area is 195 Å². The zero-order valence-electron chi connectivity index (χ0n) is 18.2. The molecule has 7 rings (SSSR count). The van der Waals surface area contributed by atoms with Gasteiger partial charge >= 0.3 is 0 Å². The maximum atomic E-state index is 4.65. The van der Waals surface area contributed by atoms with Crippen LogP contribution < -0.4 is 0 Å². The molecule has 0 aliphatic heterocycles. The van der Waals surface area contributed by atoms with Crippen molar-refractivity contribution >= 4 is 32.7 Å². The molecule has 0 radical (unpaired) electrons. The second kappa shape index (κ2) is 7.39. The molecule has 4 aromatic heterocycles. The molecule has 0 bridgehead atoms. The minimum Gasteiger partial charge on any atom is -0.317 e. The Morgan fingerprint density at radius 3 is 2.24 bits per heavy atom. The molecular formula is C29H19N5.